The summed E-state index contributed by atoms with van der Waals surface area (Å²) in [5.74, 6) is 0.994. The molecular weight excluding hydrogens is 436 g/mol. The molecule has 0 saturated carbocycles. The van der Waals surface area contributed by atoms with E-state index in [4.69, 9.17) is 20.4 Å². The fourth-order valence-electron chi connectivity index (χ4n) is 3.80. The lowest BCUT2D eigenvalue weighted by Crippen LogP contribution is -2.11. The molecule has 2 heterocycles. The molecule has 0 fully saturated rings. The maximum atomic E-state index is 12.9. The van der Waals surface area contributed by atoms with Crippen molar-refractivity contribution in [3.05, 3.63) is 94.2 Å². The molecule has 164 valence electrons. The molecule has 1 N–H and O–H groups in total. The summed E-state index contributed by atoms with van der Waals surface area (Å²) in [5, 5.41) is 3.58. The van der Waals surface area contributed by atoms with Crippen LogP contribution in [-0.4, -0.2) is 10.9 Å². The monoisotopic (exact) mass is 456 g/mol. The van der Waals surface area contributed by atoms with Crippen molar-refractivity contribution in [2.45, 2.75) is 20.8 Å². The predicted molar refractivity (Wildman–Crippen MR) is 131 cm³/mol. The highest BCUT2D eigenvalue weighted by Gasteiger charge is 2.16. The number of fused-ring (bicyclic) bond motifs is 1. The highest BCUT2D eigenvalue weighted by Crippen LogP contribution is 2.30. The molecule has 3 aromatic carbocycles. The molecule has 0 bridgehead atoms. The summed E-state index contributed by atoms with van der Waals surface area (Å²) in [6.45, 7) is 5.97. The summed E-state index contributed by atoms with van der Waals surface area (Å²) in [4.78, 5) is 17.5. The summed E-state index contributed by atoms with van der Waals surface area (Å²) in [6, 6.07) is 20.5. The van der Waals surface area contributed by atoms with Gasteiger partial charge in [0, 0.05) is 21.8 Å². The predicted octanol–water partition coefficient (Wildman–Crippen LogP) is 7.59. The molecule has 0 saturated heterocycles. The minimum absolute atomic E-state index is 0.220. The summed E-state index contributed by atoms with van der Waals surface area (Å²) in [7, 11) is 0. The van der Waals surface area contributed by atoms with Gasteiger partial charge in [0.1, 0.15) is 11.3 Å². The van der Waals surface area contributed by atoms with E-state index < -0.39 is 0 Å². The zero-order valence-electron chi connectivity index (χ0n) is 18.4. The Bertz CT molecular complexity index is 1500. The minimum atomic E-state index is -0.334. The first-order valence-electron chi connectivity index (χ1n) is 10.5. The standard InChI is InChI=1S/C27H21ClN2O3/c1-15-12-17(3)25-22(13-15)30-27(33-25)19-5-4-16(2)21(14-19)29-26(31)24-11-10-23(32-24)18-6-8-20(28)9-7-18/h4-14H,1-3H3,(H,29,31). The summed E-state index contributed by atoms with van der Waals surface area (Å²) < 4.78 is 11.8. The SMILES string of the molecule is Cc1cc(C)c2oc(-c3ccc(C)c(NC(=O)c4ccc(-c5ccc(Cl)cc5)o4)c3)nc2c1. The Morgan fingerprint density at radius 3 is 2.39 bits per heavy atom. The molecule has 0 spiro atoms. The second kappa shape index (κ2) is 8.26. The van der Waals surface area contributed by atoms with Crippen LogP contribution < -0.4 is 5.32 Å². The Labute approximate surface area is 196 Å². The number of anilines is 1. The Morgan fingerprint density at radius 2 is 1.61 bits per heavy atom. The van der Waals surface area contributed by atoms with E-state index >= 15 is 0 Å². The number of rotatable bonds is 4. The van der Waals surface area contributed by atoms with E-state index in [1.807, 2.05) is 57.2 Å². The Hall–Kier alpha value is -3.83. The lowest BCUT2D eigenvalue weighted by Gasteiger charge is -2.08. The third-order valence-corrected chi connectivity index (χ3v) is 5.76. The zero-order valence-corrected chi connectivity index (χ0v) is 19.2. The number of benzene rings is 3. The Morgan fingerprint density at radius 1 is 0.848 bits per heavy atom. The molecule has 5 aromatic rings. The van der Waals surface area contributed by atoms with E-state index in [1.165, 1.54) is 0 Å². The Balaban J connectivity index is 1.42. The quantitative estimate of drug-likeness (QED) is 0.302. The van der Waals surface area contributed by atoms with Crippen LogP contribution in [0.2, 0.25) is 5.02 Å². The number of nitrogens with zero attached hydrogens (tertiary/aromatic N) is 1. The first kappa shape index (κ1) is 21.0. The van der Waals surface area contributed by atoms with E-state index in [2.05, 4.69) is 16.4 Å². The lowest BCUT2D eigenvalue weighted by atomic mass is 10.1. The molecule has 0 aliphatic carbocycles. The van der Waals surface area contributed by atoms with Gasteiger partial charge in [-0.1, -0.05) is 23.7 Å². The first-order valence-corrected chi connectivity index (χ1v) is 10.9. The maximum Gasteiger partial charge on any atom is 0.291 e. The molecule has 5 rings (SSSR count). The second-order valence-corrected chi connectivity index (χ2v) is 8.54. The van der Waals surface area contributed by atoms with E-state index in [0.29, 0.717) is 22.4 Å². The summed E-state index contributed by atoms with van der Waals surface area (Å²) >= 11 is 5.95. The molecule has 0 aliphatic heterocycles. The van der Waals surface area contributed by atoms with Gasteiger partial charge in [-0.2, -0.15) is 0 Å². The normalized spacial score (nSPS) is 11.2. The number of aryl methyl sites for hydroxylation is 3. The molecule has 33 heavy (non-hydrogen) atoms. The lowest BCUT2D eigenvalue weighted by molar-refractivity contribution is 0.0997. The van der Waals surface area contributed by atoms with Gasteiger partial charge in [-0.3, -0.25) is 4.79 Å². The summed E-state index contributed by atoms with van der Waals surface area (Å²) in [5.41, 5.74) is 6.97. The number of carbonyl (C=O) groups is 1. The van der Waals surface area contributed by atoms with Gasteiger partial charge in [0.15, 0.2) is 11.3 Å². The molecule has 0 aliphatic rings. The van der Waals surface area contributed by atoms with Crippen LogP contribution in [0.5, 0.6) is 0 Å². The van der Waals surface area contributed by atoms with Crippen LogP contribution >= 0.6 is 11.6 Å². The van der Waals surface area contributed by atoms with Crippen LogP contribution in [0, 0.1) is 20.8 Å². The van der Waals surface area contributed by atoms with Gasteiger partial charge in [-0.15, -0.1) is 0 Å². The molecule has 2 aromatic heterocycles. The van der Waals surface area contributed by atoms with Crippen molar-refractivity contribution in [2.75, 3.05) is 5.32 Å². The van der Waals surface area contributed by atoms with Crippen molar-refractivity contribution in [1.29, 1.82) is 0 Å². The van der Waals surface area contributed by atoms with Crippen molar-refractivity contribution < 1.29 is 13.6 Å². The van der Waals surface area contributed by atoms with Crippen molar-refractivity contribution in [3.63, 3.8) is 0 Å². The van der Waals surface area contributed by atoms with E-state index in [-0.39, 0.29) is 11.7 Å². The molecule has 5 nitrogen and oxygen atoms in total. The number of hydrogen-bond donors (Lipinski definition) is 1. The van der Waals surface area contributed by atoms with Crippen LogP contribution in [-0.2, 0) is 0 Å². The number of hydrogen-bond acceptors (Lipinski definition) is 4. The maximum absolute atomic E-state index is 12.9. The molecule has 0 unspecified atom stereocenters. The highest BCUT2D eigenvalue weighted by molar-refractivity contribution is 6.30. The van der Waals surface area contributed by atoms with Crippen LogP contribution in [0.1, 0.15) is 27.2 Å². The highest BCUT2D eigenvalue weighted by atomic mass is 35.5. The van der Waals surface area contributed by atoms with E-state index in [9.17, 15) is 4.79 Å². The first-order chi connectivity index (χ1) is 15.9. The molecule has 6 heteroatoms. The van der Waals surface area contributed by atoms with Crippen LogP contribution in [0.3, 0.4) is 0 Å². The third-order valence-electron chi connectivity index (χ3n) is 5.51. The van der Waals surface area contributed by atoms with Crippen molar-refractivity contribution >= 4 is 34.3 Å². The van der Waals surface area contributed by atoms with Gasteiger partial charge in [-0.25, -0.2) is 4.98 Å². The fourth-order valence-corrected chi connectivity index (χ4v) is 3.93. The van der Waals surface area contributed by atoms with Gasteiger partial charge < -0.3 is 14.2 Å². The zero-order chi connectivity index (χ0) is 23.1. The van der Waals surface area contributed by atoms with Crippen LogP contribution in [0.4, 0.5) is 5.69 Å². The van der Waals surface area contributed by atoms with E-state index in [0.717, 1.165) is 38.9 Å². The number of carbonyl (C=O) groups excluding carboxylic acids is 1. The summed E-state index contributed by atoms with van der Waals surface area (Å²) in [6.07, 6.45) is 0. The average molecular weight is 457 g/mol. The number of amides is 1. The van der Waals surface area contributed by atoms with Gasteiger partial charge >= 0.3 is 0 Å². The fraction of sp³-hybridized carbons (Fsp3) is 0.111. The van der Waals surface area contributed by atoms with Crippen LogP contribution in [0.15, 0.2) is 75.6 Å². The molecule has 0 atom stereocenters. The number of halogens is 1. The van der Waals surface area contributed by atoms with Gasteiger partial charge in [0.2, 0.25) is 5.89 Å². The second-order valence-electron chi connectivity index (χ2n) is 8.10. The van der Waals surface area contributed by atoms with Gasteiger partial charge in [0.05, 0.1) is 0 Å². The molecular formula is C27H21ClN2O3. The number of oxazole rings is 1. The van der Waals surface area contributed by atoms with Gasteiger partial charge in [-0.05, 0) is 92.1 Å². The Kier molecular flexibility index (Phi) is 5.27. The number of aromatic nitrogens is 1. The molecule has 1 amide bonds. The van der Waals surface area contributed by atoms with Crippen molar-refractivity contribution in [3.8, 4) is 22.8 Å². The van der Waals surface area contributed by atoms with Crippen LogP contribution in [0.25, 0.3) is 33.9 Å². The van der Waals surface area contributed by atoms with Gasteiger partial charge in [0.25, 0.3) is 5.91 Å². The topological polar surface area (TPSA) is 68.3 Å². The van der Waals surface area contributed by atoms with Crippen molar-refractivity contribution in [2.24, 2.45) is 0 Å². The van der Waals surface area contributed by atoms with E-state index in [1.54, 1.807) is 24.3 Å². The third kappa shape index (κ3) is 4.15. The largest absolute Gasteiger partial charge is 0.451 e. The average Bonchev–Trinajstić information content (AvgIpc) is 3.44. The number of furan rings is 1. The van der Waals surface area contributed by atoms with Crippen molar-refractivity contribution in [1.82, 2.24) is 4.98 Å². The number of nitrogens with one attached hydrogen (secondary N) is 1. The minimum Gasteiger partial charge on any atom is -0.451 e. The molecule has 0 radical (unpaired) electrons. The smallest absolute Gasteiger partial charge is 0.291 e.